The van der Waals surface area contributed by atoms with Gasteiger partial charge in [0.15, 0.2) is 5.76 Å². The summed E-state index contributed by atoms with van der Waals surface area (Å²) in [5.74, 6) is -0.643. The van der Waals surface area contributed by atoms with E-state index in [1.807, 2.05) is 6.92 Å². The summed E-state index contributed by atoms with van der Waals surface area (Å²) in [5, 5.41) is 10.6. The smallest absolute Gasteiger partial charge is 0.395 e. The van der Waals surface area contributed by atoms with Gasteiger partial charge < -0.3 is 15.1 Å². The summed E-state index contributed by atoms with van der Waals surface area (Å²) in [6, 6.07) is 2.94. The van der Waals surface area contributed by atoms with Crippen molar-refractivity contribution in [2.75, 3.05) is 6.54 Å². The Kier molecular flexibility index (Phi) is 4.95. The van der Waals surface area contributed by atoms with Gasteiger partial charge in [-0.1, -0.05) is 6.92 Å². The van der Waals surface area contributed by atoms with Gasteiger partial charge in [-0.2, -0.15) is 0 Å². The molecule has 1 aliphatic rings. The fourth-order valence-corrected chi connectivity index (χ4v) is 2.79. The molecule has 1 amide bonds. The van der Waals surface area contributed by atoms with Crippen LogP contribution in [0.4, 0.5) is 5.88 Å². The second-order valence-corrected chi connectivity index (χ2v) is 5.46. The Balaban J connectivity index is 2.12. The zero-order chi connectivity index (χ0) is 15.4. The lowest BCUT2D eigenvalue weighted by Gasteiger charge is -2.35. The third kappa shape index (κ3) is 3.60. The van der Waals surface area contributed by atoms with E-state index in [0.29, 0.717) is 6.54 Å². The van der Waals surface area contributed by atoms with Gasteiger partial charge in [-0.15, -0.1) is 0 Å². The number of amides is 1. The molecule has 0 bridgehead atoms. The van der Waals surface area contributed by atoms with Crippen molar-refractivity contribution in [1.29, 1.82) is 0 Å². The van der Waals surface area contributed by atoms with Gasteiger partial charge in [0.2, 0.25) is 0 Å². The van der Waals surface area contributed by atoms with Gasteiger partial charge >= 0.3 is 5.88 Å². The maximum Gasteiger partial charge on any atom is 0.433 e. The first-order valence-corrected chi connectivity index (χ1v) is 7.33. The summed E-state index contributed by atoms with van der Waals surface area (Å²) in [5.41, 5.74) is 5.90. The highest BCUT2D eigenvalue weighted by Gasteiger charge is 2.30. The van der Waals surface area contributed by atoms with Crippen molar-refractivity contribution < 1.29 is 14.1 Å². The molecule has 1 fully saturated rings. The number of carbonyl (C=O) groups is 1. The molecule has 2 N–H and O–H groups in total. The molecule has 116 valence electrons. The monoisotopic (exact) mass is 295 g/mol. The zero-order valence-corrected chi connectivity index (χ0v) is 12.2. The average Bonchev–Trinajstić information content (AvgIpc) is 2.95. The van der Waals surface area contributed by atoms with Crippen LogP contribution in [-0.4, -0.2) is 34.4 Å². The predicted octanol–water partition coefficient (Wildman–Crippen LogP) is 2.31. The highest BCUT2D eigenvalue weighted by Crippen LogP contribution is 2.25. The standard InChI is InChI=1S/C14H21N3O4/c1-2-9-16(11-5-3-10(15)4-6-11)14(18)12-7-8-13(21-12)17(19)20/h7-8,10-11H,2-6,9,15H2,1H3. The number of nitro groups is 1. The summed E-state index contributed by atoms with van der Waals surface area (Å²) in [7, 11) is 0. The van der Waals surface area contributed by atoms with E-state index >= 15 is 0 Å². The molecule has 7 nitrogen and oxygen atoms in total. The third-order valence-electron chi connectivity index (χ3n) is 3.89. The molecule has 2 rings (SSSR count). The Morgan fingerprint density at radius 1 is 1.43 bits per heavy atom. The van der Waals surface area contributed by atoms with Crippen LogP contribution in [-0.2, 0) is 0 Å². The van der Waals surface area contributed by atoms with Gasteiger partial charge in [0.25, 0.3) is 5.91 Å². The maximum absolute atomic E-state index is 12.5. The molecular weight excluding hydrogens is 274 g/mol. The van der Waals surface area contributed by atoms with Crippen molar-refractivity contribution in [2.45, 2.75) is 51.1 Å². The van der Waals surface area contributed by atoms with E-state index in [1.54, 1.807) is 4.90 Å². The Morgan fingerprint density at radius 2 is 2.10 bits per heavy atom. The van der Waals surface area contributed by atoms with Crippen LogP contribution in [0.15, 0.2) is 16.5 Å². The summed E-state index contributed by atoms with van der Waals surface area (Å²) in [6.07, 6.45) is 4.37. The van der Waals surface area contributed by atoms with Crippen molar-refractivity contribution in [3.05, 3.63) is 28.0 Å². The Hall–Kier alpha value is -1.89. The van der Waals surface area contributed by atoms with Crippen LogP contribution in [0, 0.1) is 10.1 Å². The van der Waals surface area contributed by atoms with Crippen molar-refractivity contribution in [2.24, 2.45) is 5.73 Å². The van der Waals surface area contributed by atoms with E-state index in [0.717, 1.165) is 32.1 Å². The van der Waals surface area contributed by atoms with E-state index in [2.05, 4.69) is 0 Å². The van der Waals surface area contributed by atoms with E-state index in [-0.39, 0.29) is 23.8 Å². The van der Waals surface area contributed by atoms with Crippen LogP contribution in [0.3, 0.4) is 0 Å². The largest absolute Gasteiger partial charge is 0.433 e. The van der Waals surface area contributed by atoms with E-state index in [4.69, 9.17) is 10.2 Å². The molecule has 1 heterocycles. The maximum atomic E-state index is 12.5. The minimum absolute atomic E-state index is 0.0324. The first-order valence-electron chi connectivity index (χ1n) is 7.33. The average molecular weight is 295 g/mol. The Morgan fingerprint density at radius 3 is 2.62 bits per heavy atom. The Labute approximate surface area is 123 Å². The lowest BCUT2D eigenvalue weighted by molar-refractivity contribution is -0.402. The predicted molar refractivity (Wildman–Crippen MR) is 76.9 cm³/mol. The summed E-state index contributed by atoms with van der Waals surface area (Å²) in [6.45, 7) is 2.62. The molecule has 1 aromatic heterocycles. The second-order valence-electron chi connectivity index (χ2n) is 5.46. The highest BCUT2D eigenvalue weighted by molar-refractivity contribution is 5.92. The van der Waals surface area contributed by atoms with E-state index in [1.165, 1.54) is 12.1 Å². The van der Waals surface area contributed by atoms with Crippen LogP contribution in [0.2, 0.25) is 0 Å². The normalized spacial score (nSPS) is 22.0. The van der Waals surface area contributed by atoms with Gasteiger partial charge in [-0.25, -0.2) is 0 Å². The first-order chi connectivity index (χ1) is 10.0. The zero-order valence-electron chi connectivity index (χ0n) is 12.2. The van der Waals surface area contributed by atoms with Gasteiger partial charge in [-0.05, 0) is 38.2 Å². The lowest BCUT2D eigenvalue weighted by Crippen LogP contribution is -2.44. The topological polar surface area (TPSA) is 103 Å². The number of hydrogen-bond donors (Lipinski definition) is 1. The number of nitrogens with two attached hydrogens (primary N) is 1. The van der Waals surface area contributed by atoms with Crippen molar-refractivity contribution in [1.82, 2.24) is 4.90 Å². The first kappa shape index (κ1) is 15.5. The molecule has 0 saturated heterocycles. The molecule has 0 spiro atoms. The van der Waals surface area contributed by atoms with E-state index in [9.17, 15) is 14.9 Å². The summed E-state index contributed by atoms with van der Waals surface area (Å²) in [4.78, 5) is 24.3. The number of furan rings is 1. The second kappa shape index (κ2) is 6.71. The van der Waals surface area contributed by atoms with Crippen LogP contribution in [0.1, 0.15) is 49.6 Å². The van der Waals surface area contributed by atoms with Crippen molar-refractivity contribution in [3.63, 3.8) is 0 Å². The SMILES string of the molecule is CCCN(C(=O)c1ccc([N+](=O)[O-])o1)C1CCC(N)CC1. The fourth-order valence-electron chi connectivity index (χ4n) is 2.79. The minimum atomic E-state index is -0.638. The summed E-state index contributed by atoms with van der Waals surface area (Å²) < 4.78 is 5.03. The van der Waals surface area contributed by atoms with Gasteiger partial charge in [0.05, 0.1) is 6.07 Å². The molecule has 1 aromatic rings. The number of carbonyl (C=O) groups excluding carboxylic acids is 1. The van der Waals surface area contributed by atoms with Crippen LogP contribution < -0.4 is 5.73 Å². The van der Waals surface area contributed by atoms with Crippen molar-refractivity contribution in [3.8, 4) is 0 Å². The fraction of sp³-hybridized carbons (Fsp3) is 0.643. The van der Waals surface area contributed by atoms with Gasteiger partial charge in [0, 0.05) is 18.6 Å². The van der Waals surface area contributed by atoms with Crippen LogP contribution >= 0.6 is 0 Å². The lowest BCUT2D eigenvalue weighted by atomic mass is 9.90. The molecule has 1 aliphatic carbocycles. The molecule has 0 unspecified atom stereocenters. The molecule has 21 heavy (non-hydrogen) atoms. The molecule has 0 aromatic carbocycles. The summed E-state index contributed by atoms with van der Waals surface area (Å²) >= 11 is 0. The minimum Gasteiger partial charge on any atom is -0.395 e. The molecule has 1 saturated carbocycles. The number of hydrogen-bond acceptors (Lipinski definition) is 5. The molecule has 0 radical (unpaired) electrons. The van der Waals surface area contributed by atoms with Crippen LogP contribution in [0.5, 0.6) is 0 Å². The van der Waals surface area contributed by atoms with E-state index < -0.39 is 10.8 Å². The van der Waals surface area contributed by atoms with Gasteiger partial charge in [0.1, 0.15) is 4.92 Å². The highest BCUT2D eigenvalue weighted by atomic mass is 16.6. The Bertz CT molecular complexity index is 506. The molecule has 0 aliphatic heterocycles. The molecule has 7 heteroatoms. The quantitative estimate of drug-likeness (QED) is 0.663. The number of nitrogens with zero attached hydrogens (tertiary/aromatic N) is 2. The third-order valence-corrected chi connectivity index (χ3v) is 3.89. The van der Waals surface area contributed by atoms with Gasteiger partial charge in [-0.3, -0.25) is 14.9 Å². The van der Waals surface area contributed by atoms with Crippen LogP contribution in [0.25, 0.3) is 0 Å². The molecule has 0 atom stereocenters. The number of rotatable bonds is 5. The molecular formula is C14H21N3O4. The van der Waals surface area contributed by atoms with Crippen molar-refractivity contribution >= 4 is 11.8 Å².